The lowest BCUT2D eigenvalue weighted by atomic mass is 10.2. The molecule has 1 atom stereocenters. The fraction of sp³-hybridized carbons (Fsp3) is 0.158. The third kappa shape index (κ3) is 5.61. The van der Waals surface area contributed by atoms with Gasteiger partial charge in [0.25, 0.3) is 0 Å². The number of amides is 2. The molecule has 1 heterocycles. The van der Waals surface area contributed by atoms with Gasteiger partial charge in [-0.1, -0.05) is 11.8 Å². The average Bonchev–Trinajstić information content (AvgIpc) is 3.03. The Bertz CT molecular complexity index is 980. The van der Waals surface area contributed by atoms with Crippen LogP contribution >= 0.6 is 11.8 Å². The molecule has 2 N–H and O–H groups in total. The predicted octanol–water partition coefficient (Wildman–Crippen LogP) is 2.92. The SMILES string of the molecule is COc1ccc(/C=N\N=C2/NC(=O)[C@H](CC(=O)Nc3ccc(F)cc3F)S2)cc1. The molecule has 2 aromatic rings. The first-order chi connectivity index (χ1) is 13.9. The van der Waals surface area contributed by atoms with E-state index in [2.05, 4.69) is 20.8 Å². The second-order valence-corrected chi connectivity index (χ2v) is 7.09. The minimum atomic E-state index is -0.892. The van der Waals surface area contributed by atoms with Crippen LogP contribution in [-0.2, 0) is 9.59 Å². The standard InChI is InChI=1S/C19H16F2N4O3S/c1-28-13-5-2-11(3-6-13)10-22-25-19-24-18(27)16(29-19)9-17(26)23-15-7-4-12(20)8-14(15)21/h2-8,10,16H,9H2,1H3,(H,23,26)(H,24,25,27)/b22-10-/t16-/m0/s1. The molecule has 2 amide bonds. The van der Waals surface area contributed by atoms with Crippen molar-refractivity contribution in [3.8, 4) is 5.75 Å². The van der Waals surface area contributed by atoms with Gasteiger partial charge in [-0.05, 0) is 42.0 Å². The van der Waals surface area contributed by atoms with E-state index in [9.17, 15) is 18.4 Å². The molecule has 29 heavy (non-hydrogen) atoms. The van der Waals surface area contributed by atoms with Crippen molar-refractivity contribution in [2.75, 3.05) is 12.4 Å². The first-order valence-corrected chi connectivity index (χ1v) is 9.30. The second kappa shape index (κ2) is 9.28. The van der Waals surface area contributed by atoms with E-state index in [1.54, 1.807) is 31.4 Å². The molecule has 150 valence electrons. The van der Waals surface area contributed by atoms with E-state index in [4.69, 9.17) is 4.74 Å². The van der Waals surface area contributed by atoms with E-state index in [1.165, 1.54) is 6.21 Å². The molecule has 1 saturated heterocycles. The highest BCUT2D eigenvalue weighted by Gasteiger charge is 2.32. The highest BCUT2D eigenvalue weighted by Crippen LogP contribution is 2.23. The molecule has 3 rings (SSSR count). The number of amidine groups is 1. The summed E-state index contributed by atoms with van der Waals surface area (Å²) in [5.41, 5.74) is 0.638. The van der Waals surface area contributed by atoms with Crippen LogP contribution < -0.4 is 15.4 Å². The molecule has 0 bridgehead atoms. The van der Waals surface area contributed by atoms with Gasteiger partial charge in [0.1, 0.15) is 22.6 Å². The Balaban J connectivity index is 1.55. The highest BCUT2D eigenvalue weighted by atomic mass is 32.2. The maximum absolute atomic E-state index is 13.6. The largest absolute Gasteiger partial charge is 0.497 e. The predicted molar refractivity (Wildman–Crippen MR) is 107 cm³/mol. The minimum Gasteiger partial charge on any atom is -0.497 e. The van der Waals surface area contributed by atoms with Crippen LogP contribution in [0.1, 0.15) is 12.0 Å². The quantitative estimate of drug-likeness (QED) is 0.557. The summed E-state index contributed by atoms with van der Waals surface area (Å²) in [4.78, 5) is 24.1. The molecular weight excluding hydrogens is 402 g/mol. The number of benzene rings is 2. The number of rotatable bonds is 6. The Kier molecular flexibility index (Phi) is 6.55. The van der Waals surface area contributed by atoms with E-state index in [0.717, 1.165) is 29.5 Å². The summed E-state index contributed by atoms with van der Waals surface area (Å²) < 4.78 is 31.6. The van der Waals surface area contributed by atoms with Gasteiger partial charge in [0.2, 0.25) is 11.8 Å². The maximum Gasteiger partial charge on any atom is 0.240 e. The zero-order valence-corrected chi connectivity index (χ0v) is 16.0. The molecular formula is C19H16F2N4O3S. The second-order valence-electron chi connectivity index (χ2n) is 5.90. The third-order valence-corrected chi connectivity index (χ3v) is 4.90. The van der Waals surface area contributed by atoms with Crippen molar-refractivity contribution in [2.45, 2.75) is 11.7 Å². The van der Waals surface area contributed by atoms with Crippen molar-refractivity contribution in [2.24, 2.45) is 10.2 Å². The summed E-state index contributed by atoms with van der Waals surface area (Å²) in [6, 6.07) is 9.96. The zero-order valence-electron chi connectivity index (χ0n) is 15.2. The highest BCUT2D eigenvalue weighted by molar-refractivity contribution is 8.15. The fourth-order valence-corrected chi connectivity index (χ4v) is 3.31. The lowest BCUT2D eigenvalue weighted by molar-refractivity contribution is -0.122. The number of nitrogens with zero attached hydrogens (tertiary/aromatic N) is 2. The van der Waals surface area contributed by atoms with Crippen molar-refractivity contribution in [1.29, 1.82) is 0 Å². The number of halogens is 2. The summed E-state index contributed by atoms with van der Waals surface area (Å²) in [5.74, 6) is -1.90. The van der Waals surface area contributed by atoms with Gasteiger partial charge < -0.3 is 15.4 Å². The van der Waals surface area contributed by atoms with Crippen LogP contribution in [0, 0.1) is 11.6 Å². The van der Waals surface area contributed by atoms with Gasteiger partial charge in [0.05, 0.1) is 19.0 Å². The number of carbonyl (C=O) groups is 2. The summed E-state index contributed by atoms with van der Waals surface area (Å²) >= 11 is 1.05. The van der Waals surface area contributed by atoms with E-state index < -0.39 is 28.7 Å². The Morgan fingerprint density at radius 3 is 2.72 bits per heavy atom. The van der Waals surface area contributed by atoms with Crippen LogP contribution in [0.25, 0.3) is 0 Å². The van der Waals surface area contributed by atoms with E-state index in [-0.39, 0.29) is 17.3 Å². The molecule has 0 radical (unpaired) electrons. The molecule has 0 aromatic heterocycles. The number of hydrogen-bond acceptors (Lipinski definition) is 6. The number of carbonyl (C=O) groups excluding carboxylic acids is 2. The molecule has 0 unspecified atom stereocenters. The molecule has 0 saturated carbocycles. The van der Waals surface area contributed by atoms with Gasteiger partial charge in [-0.3, -0.25) is 9.59 Å². The van der Waals surface area contributed by atoms with Gasteiger partial charge >= 0.3 is 0 Å². The number of nitrogens with one attached hydrogen (secondary N) is 2. The van der Waals surface area contributed by atoms with Crippen LogP contribution in [0.3, 0.4) is 0 Å². The van der Waals surface area contributed by atoms with Crippen LogP contribution in [0.5, 0.6) is 5.75 Å². The minimum absolute atomic E-state index is 0.155. The van der Waals surface area contributed by atoms with Gasteiger partial charge in [0.15, 0.2) is 5.17 Å². The van der Waals surface area contributed by atoms with E-state index in [0.29, 0.717) is 11.8 Å². The lowest BCUT2D eigenvalue weighted by Crippen LogP contribution is -2.28. The molecule has 10 heteroatoms. The van der Waals surface area contributed by atoms with Crippen molar-refractivity contribution < 1.29 is 23.1 Å². The number of anilines is 1. The molecule has 0 spiro atoms. The molecule has 7 nitrogen and oxygen atoms in total. The van der Waals surface area contributed by atoms with Crippen molar-refractivity contribution >= 4 is 40.6 Å². The number of ether oxygens (including phenoxy) is 1. The maximum atomic E-state index is 13.6. The average molecular weight is 418 g/mol. The first kappa shape index (κ1) is 20.5. The number of thioether (sulfide) groups is 1. The zero-order chi connectivity index (χ0) is 20.8. The molecule has 1 aliphatic rings. The lowest BCUT2D eigenvalue weighted by Gasteiger charge is -2.08. The van der Waals surface area contributed by atoms with Crippen LogP contribution in [0.2, 0.25) is 0 Å². The Morgan fingerprint density at radius 1 is 1.28 bits per heavy atom. The van der Waals surface area contributed by atoms with Gasteiger partial charge in [0, 0.05) is 12.5 Å². The summed E-state index contributed by atoms with van der Waals surface area (Å²) in [7, 11) is 1.57. The fourth-order valence-electron chi connectivity index (χ4n) is 2.38. The van der Waals surface area contributed by atoms with Crippen LogP contribution in [-0.4, -0.2) is 35.6 Å². The molecule has 0 aliphatic carbocycles. The Morgan fingerprint density at radius 2 is 2.03 bits per heavy atom. The van der Waals surface area contributed by atoms with Crippen molar-refractivity contribution in [1.82, 2.24) is 5.32 Å². The molecule has 1 aliphatic heterocycles. The molecule has 1 fully saturated rings. The topological polar surface area (TPSA) is 92.2 Å². The van der Waals surface area contributed by atoms with Crippen molar-refractivity contribution in [3.63, 3.8) is 0 Å². The Hall–Kier alpha value is -3.27. The van der Waals surface area contributed by atoms with Gasteiger partial charge in [-0.15, -0.1) is 5.10 Å². The summed E-state index contributed by atoms with van der Waals surface area (Å²) in [6.45, 7) is 0. The normalized spacial score (nSPS) is 17.6. The summed E-state index contributed by atoms with van der Waals surface area (Å²) in [6.07, 6.45) is 1.31. The Labute approximate surface area is 169 Å². The number of methoxy groups -OCH3 is 1. The van der Waals surface area contributed by atoms with E-state index in [1.807, 2.05) is 0 Å². The summed E-state index contributed by atoms with van der Waals surface area (Å²) in [5, 5.41) is 12.2. The van der Waals surface area contributed by atoms with Crippen LogP contribution in [0.15, 0.2) is 52.7 Å². The third-order valence-electron chi connectivity index (χ3n) is 3.82. The number of hydrogen-bond donors (Lipinski definition) is 2. The van der Waals surface area contributed by atoms with Crippen molar-refractivity contribution in [3.05, 3.63) is 59.7 Å². The smallest absolute Gasteiger partial charge is 0.240 e. The van der Waals surface area contributed by atoms with E-state index >= 15 is 0 Å². The van der Waals surface area contributed by atoms with Gasteiger partial charge in [-0.25, -0.2) is 8.78 Å². The van der Waals surface area contributed by atoms with Gasteiger partial charge in [-0.2, -0.15) is 5.10 Å². The first-order valence-electron chi connectivity index (χ1n) is 8.42. The van der Waals surface area contributed by atoms with Crippen LogP contribution in [0.4, 0.5) is 14.5 Å². The molecule has 2 aromatic carbocycles. The monoisotopic (exact) mass is 418 g/mol.